The predicted molar refractivity (Wildman–Crippen MR) is 74.7 cm³/mol. The molecule has 0 unspecified atom stereocenters. The van der Waals surface area contributed by atoms with Gasteiger partial charge in [-0.05, 0) is 43.5 Å². The van der Waals surface area contributed by atoms with Gasteiger partial charge in [0.2, 0.25) is 0 Å². The molecule has 1 heterocycles. The average molecular weight is 265 g/mol. The topological polar surface area (TPSA) is 37.8 Å². The van der Waals surface area contributed by atoms with E-state index in [1.54, 1.807) is 16.8 Å². The molecule has 0 spiro atoms. The highest BCUT2D eigenvalue weighted by molar-refractivity contribution is 6.30. The lowest BCUT2D eigenvalue weighted by Gasteiger charge is -2.01. The van der Waals surface area contributed by atoms with Crippen molar-refractivity contribution in [1.29, 1.82) is 0 Å². The summed E-state index contributed by atoms with van der Waals surface area (Å²) in [6.45, 7) is 6.16. The molecule has 1 aromatic carbocycles. The van der Waals surface area contributed by atoms with Crippen LogP contribution in [0.2, 0.25) is 5.02 Å². The Labute approximate surface area is 111 Å². The smallest absolute Gasteiger partial charge is 0.274 e. The van der Waals surface area contributed by atoms with Gasteiger partial charge < -0.3 is 0 Å². The zero-order valence-electron chi connectivity index (χ0n) is 10.8. The molecule has 0 saturated heterocycles. The Bertz CT molecular complexity index is 593. The first-order valence-corrected chi connectivity index (χ1v) is 6.43. The van der Waals surface area contributed by atoms with E-state index in [0.29, 0.717) is 10.9 Å². The molecule has 0 aliphatic heterocycles. The van der Waals surface area contributed by atoms with Crippen molar-refractivity contribution in [2.24, 2.45) is 5.92 Å². The molecule has 96 valence electrons. The van der Waals surface area contributed by atoms with Crippen LogP contribution in [0.5, 0.6) is 0 Å². The van der Waals surface area contributed by atoms with Crippen molar-refractivity contribution in [2.45, 2.75) is 27.2 Å². The quantitative estimate of drug-likeness (QED) is 0.907. The van der Waals surface area contributed by atoms with E-state index in [4.69, 9.17) is 11.6 Å². The Morgan fingerprint density at radius 3 is 2.44 bits per heavy atom. The zero-order chi connectivity index (χ0) is 13.3. The summed E-state index contributed by atoms with van der Waals surface area (Å²) in [6.07, 6.45) is 0.793. The predicted octanol–water partition coefficient (Wildman–Crippen LogP) is 3.33. The fourth-order valence-corrected chi connectivity index (χ4v) is 2.13. The highest BCUT2D eigenvalue weighted by Gasteiger charge is 2.13. The number of benzene rings is 1. The summed E-state index contributed by atoms with van der Waals surface area (Å²) >= 11 is 5.85. The van der Waals surface area contributed by atoms with Gasteiger partial charge in [0.05, 0.1) is 5.69 Å². The maximum atomic E-state index is 12.3. The van der Waals surface area contributed by atoms with Crippen molar-refractivity contribution in [3.8, 4) is 5.69 Å². The van der Waals surface area contributed by atoms with Crippen molar-refractivity contribution < 1.29 is 0 Å². The Morgan fingerprint density at radius 1 is 1.28 bits per heavy atom. The van der Waals surface area contributed by atoms with Crippen molar-refractivity contribution >= 4 is 11.6 Å². The number of aromatic nitrogens is 2. The van der Waals surface area contributed by atoms with Gasteiger partial charge in [-0.15, -0.1) is 0 Å². The van der Waals surface area contributed by atoms with E-state index < -0.39 is 0 Å². The summed E-state index contributed by atoms with van der Waals surface area (Å²) in [7, 11) is 0. The Hall–Kier alpha value is -1.48. The maximum absolute atomic E-state index is 12.3. The Kier molecular flexibility index (Phi) is 3.62. The fourth-order valence-electron chi connectivity index (χ4n) is 2.00. The fraction of sp³-hybridized carbons (Fsp3) is 0.357. The van der Waals surface area contributed by atoms with Crippen molar-refractivity contribution in [1.82, 2.24) is 9.78 Å². The molecular formula is C14H17ClN2O. The second-order valence-electron chi connectivity index (χ2n) is 4.93. The van der Waals surface area contributed by atoms with Gasteiger partial charge in [-0.3, -0.25) is 9.89 Å². The number of nitrogens with one attached hydrogen (secondary N) is 1. The summed E-state index contributed by atoms with van der Waals surface area (Å²) in [6, 6.07) is 7.22. The third-order valence-corrected chi connectivity index (χ3v) is 3.14. The molecule has 0 fully saturated rings. The second-order valence-corrected chi connectivity index (χ2v) is 5.37. The molecule has 0 radical (unpaired) electrons. The number of aryl methyl sites for hydroxylation is 1. The van der Waals surface area contributed by atoms with Crippen molar-refractivity contribution in [3.63, 3.8) is 0 Å². The lowest BCUT2D eigenvalue weighted by molar-refractivity contribution is 0.642. The molecule has 0 atom stereocenters. The standard InChI is InChI=1S/C14H17ClN2O/c1-9(2)8-13-10(3)16-17(14(13)18)12-6-4-11(15)5-7-12/h4-7,9,16H,8H2,1-3H3. The highest BCUT2D eigenvalue weighted by atomic mass is 35.5. The largest absolute Gasteiger partial charge is 0.295 e. The monoisotopic (exact) mass is 264 g/mol. The van der Waals surface area contributed by atoms with E-state index >= 15 is 0 Å². The third kappa shape index (κ3) is 2.51. The molecule has 0 aliphatic rings. The van der Waals surface area contributed by atoms with E-state index in [1.165, 1.54) is 0 Å². The SMILES string of the molecule is Cc1[nH]n(-c2ccc(Cl)cc2)c(=O)c1CC(C)C. The van der Waals surface area contributed by atoms with E-state index in [1.807, 2.05) is 19.1 Å². The summed E-state index contributed by atoms with van der Waals surface area (Å²) in [5.74, 6) is 0.464. The number of aromatic amines is 1. The number of halogens is 1. The van der Waals surface area contributed by atoms with Gasteiger partial charge in [-0.1, -0.05) is 25.4 Å². The van der Waals surface area contributed by atoms with Gasteiger partial charge in [-0.25, -0.2) is 4.68 Å². The summed E-state index contributed by atoms with van der Waals surface area (Å²) in [4.78, 5) is 12.3. The van der Waals surface area contributed by atoms with Gasteiger partial charge in [0.1, 0.15) is 0 Å². The molecule has 0 saturated carbocycles. The van der Waals surface area contributed by atoms with Crippen LogP contribution in [0, 0.1) is 12.8 Å². The molecule has 4 heteroatoms. The molecule has 3 nitrogen and oxygen atoms in total. The van der Waals surface area contributed by atoms with Crippen LogP contribution in [0.1, 0.15) is 25.1 Å². The lowest BCUT2D eigenvalue weighted by Crippen LogP contribution is -2.18. The van der Waals surface area contributed by atoms with Crippen LogP contribution in [-0.2, 0) is 6.42 Å². The Balaban J connectivity index is 2.47. The summed E-state index contributed by atoms with van der Waals surface area (Å²) in [5.41, 5.74) is 2.63. The van der Waals surface area contributed by atoms with E-state index in [-0.39, 0.29) is 5.56 Å². The molecule has 0 bridgehead atoms. The lowest BCUT2D eigenvalue weighted by atomic mass is 10.0. The number of nitrogens with zero attached hydrogens (tertiary/aromatic N) is 1. The molecule has 2 rings (SSSR count). The average Bonchev–Trinajstić information content (AvgIpc) is 2.58. The minimum absolute atomic E-state index is 0.0310. The molecule has 2 aromatic rings. The number of hydrogen-bond acceptors (Lipinski definition) is 1. The summed E-state index contributed by atoms with van der Waals surface area (Å²) < 4.78 is 1.57. The normalized spacial score (nSPS) is 11.2. The first-order chi connectivity index (χ1) is 8.49. The molecule has 1 aromatic heterocycles. The first-order valence-electron chi connectivity index (χ1n) is 6.05. The van der Waals surface area contributed by atoms with Crippen molar-refractivity contribution in [3.05, 3.63) is 50.9 Å². The minimum atomic E-state index is 0.0310. The van der Waals surface area contributed by atoms with Crippen LogP contribution in [0.4, 0.5) is 0 Å². The van der Waals surface area contributed by atoms with E-state index in [2.05, 4.69) is 18.9 Å². The molecule has 0 aliphatic carbocycles. The minimum Gasteiger partial charge on any atom is -0.295 e. The number of hydrogen-bond donors (Lipinski definition) is 1. The highest BCUT2D eigenvalue weighted by Crippen LogP contribution is 2.14. The molecule has 18 heavy (non-hydrogen) atoms. The van der Waals surface area contributed by atoms with E-state index in [9.17, 15) is 4.79 Å². The number of rotatable bonds is 3. The van der Waals surface area contributed by atoms with Crippen LogP contribution in [0.25, 0.3) is 5.69 Å². The third-order valence-electron chi connectivity index (χ3n) is 2.89. The van der Waals surface area contributed by atoms with Gasteiger partial charge in [0, 0.05) is 16.3 Å². The van der Waals surface area contributed by atoms with Crippen LogP contribution in [-0.4, -0.2) is 9.78 Å². The van der Waals surface area contributed by atoms with Gasteiger partial charge >= 0.3 is 0 Å². The van der Waals surface area contributed by atoms with Gasteiger partial charge in [0.25, 0.3) is 5.56 Å². The molecular weight excluding hydrogens is 248 g/mol. The van der Waals surface area contributed by atoms with Crippen LogP contribution < -0.4 is 5.56 Å². The molecule has 0 amide bonds. The second kappa shape index (κ2) is 5.02. The molecule has 1 N–H and O–H groups in total. The zero-order valence-corrected chi connectivity index (χ0v) is 11.6. The number of H-pyrrole nitrogens is 1. The van der Waals surface area contributed by atoms with E-state index in [0.717, 1.165) is 23.4 Å². The summed E-state index contributed by atoms with van der Waals surface area (Å²) in [5, 5.41) is 3.78. The maximum Gasteiger partial charge on any atom is 0.274 e. The first kappa shape index (κ1) is 13.0. The van der Waals surface area contributed by atoms with Crippen molar-refractivity contribution in [2.75, 3.05) is 0 Å². The Morgan fingerprint density at radius 2 is 1.89 bits per heavy atom. The van der Waals surface area contributed by atoms with Gasteiger partial charge in [0.15, 0.2) is 0 Å². The van der Waals surface area contributed by atoms with Crippen LogP contribution >= 0.6 is 11.6 Å². The van der Waals surface area contributed by atoms with Crippen LogP contribution in [0.15, 0.2) is 29.1 Å². The van der Waals surface area contributed by atoms with Crippen LogP contribution in [0.3, 0.4) is 0 Å². The van der Waals surface area contributed by atoms with Gasteiger partial charge in [-0.2, -0.15) is 0 Å².